The minimum absolute atomic E-state index is 0.0400. The van der Waals surface area contributed by atoms with Gasteiger partial charge >= 0.3 is 0 Å². The van der Waals surface area contributed by atoms with E-state index in [-0.39, 0.29) is 10.0 Å². The van der Waals surface area contributed by atoms with Gasteiger partial charge in [-0.15, -0.1) is 0 Å². The second-order valence-electron chi connectivity index (χ2n) is 4.22. The van der Waals surface area contributed by atoms with Crippen molar-refractivity contribution in [3.05, 3.63) is 41.9 Å². The largest absolute Gasteiger partial charge is 0.389 e. The Morgan fingerprint density at radius 1 is 1.45 bits per heavy atom. The fourth-order valence-electron chi connectivity index (χ4n) is 1.67. The Morgan fingerprint density at radius 2 is 2.15 bits per heavy atom. The van der Waals surface area contributed by atoms with Crippen LogP contribution in [0.5, 0.6) is 0 Å². The molecule has 0 saturated heterocycles. The highest BCUT2D eigenvalue weighted by Crippen LogP contribution is 2.21. The molecule has 1 heterocycles. The molecular weight excluding hydrogens is 296 g/mol. The lowest BCUT2D eigenvalue weighted by atomic mass is 10.2. The molecule has 0 fully saturated rings. The van der Waals surface area contributed by atoms with E-state index < -0.39 is 10.0 Å². The van der Waals surface area contributed by atoms with E-state index in [9.17, 15) is 8.42 Å². The third-order valence-corrected chi connectivity index (χ3v) is 4.74. The Balaban J connectivity index is 2.43. The van der Waals surface area contributed by atoms with Gasteiger partial charge in [-0.3, -0.25) is 4.31 Å². The van der Waals surface area contributed by atoms with Crippen molar-refractivity contribution in [3.63, 3.8) is 0 Å². The van der Waals surface area contributed by atoms with Gasteiger partial charge in [0.2, 0.25) is 0 Å². The fourth-order valence-corrected chi connectivity index (χ4v) is 2.95. The van der Waals surface area contributed by atoms with Crippen molar-refractivity contribution in [3.8, 4) is 0 Å². The quantitative estimate of drug-likeness (QED) is 0.827. The highest BCUT2D eigenvalue weighted by atomic mass is 32.2. The molecule has 106 valence electrons. The summed E-state index contributed by atoms with van der Waals surface area (Å²) in [6.07, 6.45) is 1.29. The molecule has 0 aliphatic carbocycles. The van der Waals surface area contributed by atoms with Crippen LogP contribution in [-0.4, -0.2) is 30.4 Å². The number of H-pyrrole nitrogens is 1. The summed E-state index contributed by atoms with van der Waals surface area (Å²) in [6.45, 7) is 1.69. The Hall–Kier alpha value is -1.93. The van der Waals surface area contributed by atoms with Crippen LogP contribution in [0.2, 0.25) is 0 Å². The standard InChI is InChI=1S/C12H14N4O2S2/c1-8-14-7-11(15-8)20(17,18)16(2)10-5-3-4-9(6-10)12(13)19/h3-7H,1-2H3,(H2,13,19)(H,14,15). The molecule has 8 heteroatoms. The summed E-state index contributed by atoms with van der Waals surface area (Å²) in [4.78, 5) is 6.83. The Kier molecular flexibility index (Phi) is 3.78. The summed E-state index contributed by atoms with van der Waals surface area (Å²) in [5, 5.41) is 0.0400. The van der Waals surface area contributed by atoms with E-state index in [1.54, 1.807) is 31.2 Å². The Morgan fingerprint density at radius 3 is 2.70 bits per heavy atom. The lowest BCUT2D eigenvalue weighted by molar-refractivity contribution is 0.591. The van der Waals surface area contributed by atoms with Crippen LogP contribution in [0, 0.1) is 6.92 Å². The smallest absolute Gasteiger partial charge is 0.281 e. The first kappa shape index (κ1) is 14.5. The van der Waals surface area contributed by atoms with Crippen molar-refractivity contribution < 1.29 is 8.42 Å². The zero-order valence-corrected chi connectivity index (χ0v) is 12.6. The summed E-state index contributed by atoms with van der Waals surface area (Å²) in [5.41, 5.74) is 6.64. The molecule has 6 nitrogen and oxygen atoms in total. The lowest BCUT2D eigenvalue weighted by Crippen LogP contribution is -2.27. The van der Waals surface area contributed by atoms with E-state index in [0.717, 1.165) is 4.31 Å². The number of thiocarbonyl (C=S) groups is 1. The number of sulfonamides is 1. The van der Waals surface area contributed by atoms with Gasteiger partial charge in [0.25, 0.3) is 10.0 Å². The second-order valence-corrected chi connectivity index (χ2v) is 6.60. The average Bonchev–Trinajstić information content (AvgIpc) is 2.85. The third kappa shape index (κ3) is 2.66. The summed E-state index contributed by atoms with van der Waals surface area (Å²) in [6, 6.07) is 6.73. The van der Waals surface area contributed by atoms with Crippen LogP contribution in [0.3, 0.4) is 0 Å². The number of aromatic amines is 1. The monoisotopic (exact) mass is 310 g/mol. The maximum atomic E-state index is 12.4. The Bertz CT molecular complexity index is 752. The van der Waals surface area contributed by atoms with Gasteiger partial charge < -0.3 is 10.7 Å². The second kappa shape index (κ2) is 5.22. The number of nitrogens with one attached hydrogen (secondary N) is 1. The molecule has 2 rings (SSSR count). The predicted octanol–water partition coefficient (Wildman–Crippen LogP) is 1.18. The van der Waals surface area contributed by atoms with Crippen LogP contribution in [0.1, 0.15) is 11.4 Å². The van der Waals surface area contributed by atoms with Gasteiger partial charge in [-0.1, -0.05) is 24.4 Å². The summed E-state index contributed by atoms with van der Waals surface area (Å²) < 4.78 is 26.0. The number of rotatable bonds is 4. The van der Waals surface area contributed by atoms with E-state index in [1.165, 1.54) is 13.2 Å². The molecule has 0 unspecified atom stereocenters. The van der Waals surface area contributed by atoms with Crippen molar-refractivity contribution >= 4 is 32.9 Å². The van der Waals surface area contributed by atoms with Gasteiger partial charge in [-0.05, 0) is 19.1 Å². The van der Waals surface area contributed by atoms with E-state index in [4.69, 9.17) is 18.0 Å². The van der Waals surface area contributed by atoms with E-state index in [2.05, 4.69) is 9.97 Å². The van der Waals surface area contributed by atoms with Crippen molar-refractivity contribution in [2.75, 3.05) is 11.4 Å². The molecule has 20 heavy (non-hydrogen) atoms. The summed E-state index contributed by atoms with van der Waals surface area (Å²) >= 11 is 4.89. The van der Waals surface area contributed by atoms with Crippen LogP contribution < -0.4 is 10.0 Å². The van der Waals surface area contributed by atoms with Gasteiger partial charge in [-0.25, -0.2) is 4.98 Å². The van der Waals surface area contributed by atoms with Crippen LogP contribution >= 0.6 is 12.2 Å². The molecule has 1 aromatic heterocycles. The van der Waals surface area contributed by atoms with Gasteiger partial charge in [-0.2, -0.15) is 8.42 Å². The molecule has 0 saturated carbocycles. The first-order valence-electron chi connectivity index (χ1n) is 5.73. The number of anilines is 1. The first-order valence-corrected chi connectivity index (χ1v) is 7.57. The molecule has 2 aromatic rings. The third-order valence-electron chi connectivity index (χ3n) is 2.81. The van der Waals surface area contributed by atoms with E-state index in [0.29, 0.717) is 17.1 Å². The van der Waals surface area contributed by atoms with Crippen molar-refractivity contribution in [1.29, 1.82) is 0 Å². The van der Waals surface area contributed by atoms with Crippen molar-refractivity contribution in [2.24, 2.45) is 5.73 Å². The van der Waals surface area contributed by atoms with Crippen LogP contribution in [0.15, 0.2) is 35.5 Å². The highest BCUT2D eigenvalue weighted by molar-refractivity contribution is 7.92. The maximum Gasteiger partial charge on any atom is 0.281 e. The van der Waals surface area contributed by atoms with Crippen LogP contribution in [0.25, 0.3) is 0 Å². The summed E-state index contributed by atoms with van der Waals surface area (Å²) in [7, 11) is -2.22. The molecule has 0 bridgehead atoms. The maximum absolute atomic E-state index is 12.4. The number of nitrogens with zero attached hydrogens (tertiary/aromatic N) is 2. The van der Waals surface area contributed by atoms with Crippen molar-refractivity contribution in [2.45, 2.75) is 11.9 Å². The first-order chi connectivity index (χ1) is 9.32. The normalized spacial score (nSPS) is 11.3. The fraction of sp³-hybridized carbons (Fsp3) is 0.167. The minimum Gasteiger partial charge on any atom is -0.389 e. The summed E-state index contributed by atoms with van der Waals surface area (Å²) in [5.74, 6) is 0.536. The van der Waals surface area contributed by atoms with Crippen LogP contribution in [-0.2, 0) is 10.0 Å². The SMILES string of the molecule is Cc1ncc(S(=O)(=O)N(C)c2cccc(C(N)=S)c2)[nH]1. The van der Waals surface area contributed by atoms with Gasteiger partial charge in [0.15, 0.2) is 5.03 Å². The molecular formula is C12H14N4O2S2. The van der Waals surface area contributed by atoms with Gasteiger partial charge in [0, 0.05) is 12.6 Å². The topological polar surface area (TPSA) is 92.1 Å². The molecule has 3 N–H and O–H groups in total. The molecule has 0 aliphatic rings. The van der Waals surface area contributed by atoms with Gasteiger partial charge in [0.05, 0.1) is 11.9 Å². The molecule has 1 aromatic carbocycles. The zero-order valence-electron chi connectivity index (χ0n) is 11.0. The molecule has 0 atom stereocenters. The molecule has 0 radical (unpaired) electrons. The number of hydrogen-bond donors (Lipinski definition) is 2. The number of imidazole rings is 1. The molecule has 0 aliphatic heterocycles. The number of hydrogen-bond acceptors (Lipinski definition) is 4. The van der Waals surface area contributed by atoms with Crippen molar-refractivity contribution in [1.82, 2.24) is 9.97 Å². The Labute approximate surface area is 122 Å². The van der Waals surface area contributed by atoms with E-state index in [1.807, 2.05) is 0 Å². The average molecular weight is 310 g/mol. The van der Waals surface area contributed by atoms with E-state index >= 15 is 0 Å². The number of benzene rings is 1. The minimum atomic E-state index is -3.68. The number of aromatic nitrogens is 2. The number of aryl methyl sites for hydroxylation is 1. The highest BCUT2D eigenvalue weighted by Gasteiger charge is 2.23. The predicted molar refractivity (Wildman–Crippen MR) is 81.2 cm³/mol. The molecule has 0 spiro atoms. The molecule has 0 amide bonds. The lowest BCUT2D eigenvalue weighted by Gasteiger charge is -2.18. The van der Waals surface area contributed by atoms with Crippen LogP contribution in [0.4, 0.5) is 5.69 Å². The number of nitrogens with two attached hydrogens (primary N) is 1. The van der Waals surface area contributed by atoms with Gasteiger partial charge in [0.1, 0.15) is 10.8 Å². The zero-order chi connectivity index (χ0) is 14.9.